The van der Waals surface area contributed by atoms with Crippen LogP contribution >= 0.6 is 0 Å². The third-order valence-electron chi connectivity index (χ3n) is 5.38. The Kier molecular flexibility index (Phi) is 4.22. The molecular formula is C15H28N2O. The van der Waals surface area contributed by atoms with Gasteiger partial charge in [-0.25, -0.2) is 0 Å². The van der Waals surface area contributed by atoms with Crippen molar-refractivity contribution >= 4 is 0 Å². The zero-order valence-corrected chi connectivity index (χ0v) is 11.6. The highest BCUT2D eigenvalue weighted by atomic mass is 16.3. The van der Waals surface area contributed by atoms with Crippen LogP contribution in [0.3, 0.4) is 0 Å². The van der Waals surface area contributed by atoms with Crippen LogP contribution in [0.1, 0.15) is 44.9 Å². The molecule has 1 N–H and O–H groups in total. The Morgan fingerprint density at radius 2 is 1.50 bits per heavy atom. The van der Waals surface area contributed by atoms with E-state index in [9.17, 15) is 5.11 Å². The van der Waals surface area contributed by atoms with Crippen LogP contribution in [0.2, 0.25) is 0 Å². The van der Waals surface area contributed by atoms with Gasteiger partial charge >= 0.3 is 0 Å². The van der Waals surface area contributed by atoms with Gasteiger partial charge in [0.05, 0.1) is 0 Å². The Balaban J connectivity index is 1.49. The molecule has 2 unspecified atom stereocenters. The predicted octanol–water partition coefficient (Wildman–Crippen LogP) is 1.71. The van der Waals surface area contributed by atoms with E-state index < -0.39 is 0 Å². The van der Waals surface area contributed by atoms with Crippen molar-refractivity contribution < 1.29 is 5.11 Å². The Morgan fingerprint density at radius 3 is 2.22 bits per heavy atom. The maximum Gasteiger partial charge on any atom is 0.0471 e. The summed E-state index contributed by atoms with van der Waals surface area (Å²) in [5, 5.41) is 9.25. The second-order valence-corrected chi connectivity index (χ2v) is 6.56. The highest BCUT2D eigenvalue weighted by molar-refractivity contribution is 4.90. The van der Waals surface area contributed by atoms with Gasteiger partial charge < -0.3 is 5.11 Å². The van der Waals surface area contributed by atoms with Gasteiger partial charge in [0.2, 0.25) is 0 Å². The van der Waals surface area contributed by atoms with E-state index in [1.54, 1.807) is 0 Å². The maximum atomic E-state index is 9.25. The number of aliphatic hydroxyl groups is 1. The summed E-state index contributed by atoms with van der Waals surface area (Å²) in [5.74, 6) is 0.550. The fraction of sp³-hybridized carbons (Fsp3) is 1.00. The van der Waals surface area contributed by atoms with Crippen molar-refractivity contribution in [2.75, 3.05) is 32.8 Å². The molecule has 3 heteroatoms. The summed E-state index contributed by atoms with van der Waals surface area (Å²) >= 11 is 0. The lowest BCUT2D eigenvalue weighted by atomic mass is 9.94. The molecule has 104 valence electrons. The van der Waals surface area contributed by atoms with Crippen LogP contribution in [0.25, 0.3) is 0 Å². The van der Waals surface area contributed by atoms with Crippen molar-refractivity contribution in [1.29, 1.82) is 0 Å². The molecule has 0 amide bonds. The summed E-state index contributed by atoms with van der Waals surface area (Å²) < 4.78 is 0. The van der Waals surface area contributed by atoms with Crippen LogP contribution in [0.5, 0.6) is 0 Å². The van der Waals surface area contributed by atoms with Crippen molar-refractivity contribution in [3.05, 3.63) is 0 Å². The smallest absolute Gasteiger partial charge is 0.0471 e. The highest BCUT2D eigenvalue weighted by Crippen LogP contribution is 2.29. The molecule has 0 spiro atoms. The average molecular weight is 252 g/mol. The van der Waals surface area contributed by atoms with Crippen molar-refractivity contribution in [3.63, 3.8) is 0 Å². The Morgan fingerprint density at radius 1 is 0.778 bits per heavy atom. The molecule has 0 aromatic rings. The first-order valence-corrected chi connectivity index (χ1v) is 7.96. The Labute approximate surface area is 111 Å². The molecule has 0 aromatic heterocycles. The number of hydrogen-bond donors (Lipinski definition) is 1. The standard InChI is InChI=1S/C15H28N2O/c18-12-13-6-8-16(10-13)15-7-9-17(11-15)14-4-2-1-3-5-14/h13-15,18H,1-12H2. The van der Waals surface area contributed by atoms with Gasteiger partial charge in [0.1, 0.15) is 0 Å². The molecule has 3 rings (SSSR count). The summed E-state index contributed by atoms with van der Waals surface area (Å²) in [4.78, 5) is 5.40. The highest BCUT2D eigenvalue weighted by Gasteiger charge is 2.34. The molecule has 2 atom stereocenters. The summed E-state index contributed by atoms with van der Waals surface area (Å²) in [6, 6.07) is 1.67. The van der Waals surface area contributed by atoms with Crippen LogP contribution in [0.4, 0.5) is 0 Å². The molecule has 0 radical (unpaired) electrons. The number of rotatable bonds is 3. The van der Waals surface area contributed by atoms with Crippen molar-refractivity contribution in [2.45, 2.75) is 57.0 Å². The second-order valence-electron chi connectivity index (χ2n) is 6.56. The molecule has 2 saturated heterocycles. The van der Waals surface area contributed by atoms with Crippen LogP contribution in [-0.2, 0) is 0 Å². The normalized spacial score (nSPS) is 36.5. The Bertz CT molecular complexity index is 265. The quantitative estimate of drug-likeness (QED) is 0.828. The first-order valence-electron chi connectivity index (χ1n) is 7.96. The average Bonchev–Trinajstić information content (AvgIpc) is 3.08. The van der Waals surface area contributed by atoms with E-state index >= 15 is 0 Å². The molecule has 3 nitrogen and oxygen atoms in total. The maximum absolute atomic E-state index is 9.25. The summed E-state index contributed by atoms with van der Waals surface area (Å²) in [5.41, 5.74) is 0. The number of aliphatic hydroxyl groups excluding tert-OH is 1. The molecule has 0 bridgehead atoms. The predicted molar refractivity (Wildman–Crippen MR) is 73.6 cm³/mol. The minimum atomic E-state index is 0.384. The van der Waals surface area contributed by atoms with Gasteiger partial charge in [-0.2, -0.15) is 0 Å². The molecule has 1 saturated carbocycles. The largest absolute Gasteiger partial charge is 0.396 e. The SMILES string of the molecule is OCC1CCN(C2CCN(C3CCCCC3)C2)C1. The van der Waals surface area contributed by atoms with Crippen LogP contribution in [0, 0.1) is 5.92 Å². The summed E-state index contributed by atoms with van der Waals surface area (Å²) in [6.45, 7) is 5.35. The molecule has 18 heavy (non-hydrogen) atoms. The van der Waals surface area contributed by atoms with E-state index in [0.717, 1.165) is 18.6 Å². The third kappa shape index (κ3) is 2.73. The molecule has 0 aromatic carbocycles. The zero-order valence-electron chi connectivity index (χ0n) is 11.6. The third-order valence-corrected chi connectivity index (χ3v) is 5.38. The first kappa shape index (κ1) is 12.9. The first-order chi connectivity index (χ1) is 8.86. The van der Waals surface area contributed by atoms with E-state index in [2.05, 4.69) is 9.80 Å². The van der Waals surface area contributed by atoms with E-state index in [0.29, 0.717) is 12.5 Å². The van der Waals surface area contributed by atoms with E-state index in [-0.39, 0.29) is 0 Å². The fourth-order valence-electron chi connectivity index (χ4n) is 4.19. The summed E-state index contributed by atoms with van der Waals surface area (Å²) in [6.07, 6.45) is 9.78. The van der Waals surface area contributed by atoms with Gasteiger partial charge in [0.15, 0.2) is 0 Å². The van der Waals surface area contributed by atoms with Crippen LogP contribution in [0.15, 0.2) is 0 Å². The van der Waals surface area contributed by atoms with E-state index in [4.69, 9.17) is 0 Å². The molecule has 2 heterocycles. The topological polar surface area (TPSA) is 26.7 Å². The van der Waals surface area contributed by atoms with Crippen molar-refractivity contribution in [3.8, 4) is 0 Å². The lowest BCUT2D eigenvalue weighted by molar-refractivity contribution is 0.162. The number of nitrogens with zero attached hydrogens (tertiary/aromatic N) is 2. The monoisotopic (exact) mass is 252 g/mol. The van der Waals surface area contributed by atoms with Crippen molar-refractivity contribution in [1.82, 2.24) is 9.80 Å². The van der Waals surface area contributed by atoms with Gasteiger partial charge in [-0.3, -0.25) is 9.80 Å². The van der Waals surface area contributed by atoms with Crippen molar-refractivity contribution in [2.24, 2.45) is 5.92 Å². The molecule has 2 aliphatic heterocycles. The number of likely N-dealkylation sites (tertiary alicyclic amines) is 2. The molecule has 1 aliphatic carbocycles. The van der Waals surface area contributed by atoms with E-state index in [1.165, 1.54) is 64.6 Å². The van der Waals surface area contributed by atoms with E-state index in [1.807, 2.05) is 0 Å². The zero-order chi connectivity index (χ0) is 12.4. The summed E-state index contributed by atoms with van der Waals surface area (Å²) in [7, 11) is 0. The second kappa shape index (κ2) is 5.89. The lowest BCUT2D eigenvalue weighted by Crippen LogP contribution is -2.40. The Hall–Kier alpha value is -0.120. The number of hydrogen-bond acceptors (Lipinski definition) is 3. The molecular weight excluding hydrogens is 224 g/mol. The molecule has 3 aliphatic rings. The van der Waals surface area contributed by atoms with Crippen LogP contribution in [-0.4, -0.2) is 59.8 Å². The minimum Gasteiger partial charge on any atom is -0.396 e. The van der Waals surface area contributed by atoms with Gasteiger partial charge in [-0.15, -0.1) is 0 Å². The fourth-order valence-corrected chi connectivity index (χ4v) is 4.19. The van der Waals surface area contributed by atoms with Gasteiger partial charge in [0, 0.05) is 38.3 Å². The van der Waals surface area contributed by atoms with Gasteiger partial charge in [-0.05, 0) is 38.1 Å². The lowest BCUT2D eigenvalue weighted by Gasteiger charge is -2.32. The minimum absolute atomic E-state index is 0.384. The van der Waals surface area contributed by atoms with Crippen LogP contribution < -0.4 is 0 Å². The molecule has 3 fully saturated rings. The van der Waals surface area contributed by atoms with Gasteiger partial charge in [-0.1, -0.05) is 19.3 Å². The van der Waals surface area contributed by atoms with Gasteiger partial charge in [0.25, 0.3) is 0 Å².